The number of halogens is 1. The van der Waals surface area contributed by atoms with Gasteiger partial charge in [0.15, 0.2) is 5.78 Å². The number of amides is 1. The van der Waals surface area contributed by atoms with E-state index in [0.717, 1.165) is 18.4 Å². The SMILES string of the molecule is C#Cc1cccc(C(=O)N2CCC3(CN4[C@@H](CC[C@H]4c4cccc(F)c4)O3)C(=O)C2)c1. The van der Waals surface area contributed by atoms with Crippen LogP contribution in [0, 0.1) is 18.2 Å². The van der Waals surface area contributed by atoms with Gasteiger partial charge in [0.25, 0.3) is 5.91 Å². The molecule has 0 bridgehead atoms. The maximum absolute atomic E-state index is 13.7. The quantitative estimate of drug-likeness (QED) is 0.703. The largest absolute Gasteiger partial charge is 0.347 e. The summed E-state index contributed by atoms with van der Waals surface area (Å²) < 4.78 is 20.0. The number of terminal acetylenes is 1. The van der Waals surface area contributed by atoms with Gasteiger partial charge in [-0.15, -0.1) is 6.42 Å². The zero-order chi connectivity index (χ0) is 21.6. The van der Waals surface area contributed by atoms with E-state index in [2.05, 4.69) is 10.8 Å². The lowest BCUT2D eigenvalue weighted by Crippen LogP contribution is -2.56. The summed E-state index contributed by atoms with van der Waals surface area (Å²) in [6.45, 7) is 0.937. The van der Waals surface area contributed by atoms with Crippen molar-refractivity contribution in [1.82, 2.24) is 9.80 Å². The molecule has 1 amide bonds. The highest BCUT2D eigenvalue weighted by molar-refractivity contribution is 5.99. The summed E-state index contributed by atoms with van der Waals surface area (Å²) in [5, 5.41) is 0. The first-order valence-corrected chi connectivity index (χ1v) is 10.6. The van der Waals surface area contributed by atoms with Crippen molar-refractivity contribution in [2.75, 3.05) is 19.6 Å². The lowest BCUT2D eigenvalue weighted by molar-refractivity contribution is -0.148. The third kappa shape index (κ3) is 3.44. The van der Waals surface area contributed by atoms with Crippen LogP contribution >= 0.6 is 0 Å². The molecule has 0 saturated carbocycles. The molecule has 5 nitrogen and oxygen atoms in total. The molecule has 3 atom stereocenters. The predicted octanol–water partition coefficient (Wildman–Crippen LogP) is 3.15. The van der Waals surface area contributed by atoms with Crippen molar-refractivity contribution in [3.8, 4) is 12.3 Å². The second kappa shape index (κ2) is 7.60. The van der Waals surface area contributed by atoms with Crippen molar-refractivity contribution < 1.29 is 18.7 Å². The van der Waals surface area contributed by atoms with E-state index in [1.165, 1.54) is 6.07 Å². The molecule has 1 spiro atoms. The van der Waals surface area contributed by atoms with Gasteiger partial charge in [-0.25, -0.2) is 4.39 Å². The number of Topliss-reactive ketones (excluding diaryl/α,β-unsaturated/α-hetero) is 1. The van der Waals surface area contributed by atoms with Crippen LogP contribution in [0.3, 0.4) is 0 Å². The highest BCUT2D eigenvalue weighted by Crippen LogP contribution is 2.46. The minimum absolute atomic E-state index is 0.0182. The molecule has 3 aliphatic rings. The molecule has 5 rings (SSSR count). The lowest BCUT2D eigenvalue weighted by atomic mass is 9.89. The lowest BCUT2D eigenvalue weighted by Gasteiger charge is -2.37. The summed E-state index contributed by atoms with van der Waals surface area (Å²) >= 11 is 0. The zero-order valence-electron chi connectivity index (χ0n) is 17.1. The molecule has 3 heterocycles. The monoisotopic (exact) mass is 418 g/mol. The Labute approximate surface area is 180 Å². The highest BCUT2D eigenvalue weighted by atomic mass is 19.1. The molecule has 0 radical (unpaired) electrons. The molecule has 31 heavy (non-hydrogen) atoms. The van der Waals surface area contributed by atoms with E-state index in [1.807, 2.05) is 6.07 Å². The Morgan fingerprint density at radius 3 is 2.81 bits per heavy atom. The number of hydrogen-bond donors (Lipinski definition) is 0. The van der Waals surface area contributed by atoms with E-state index in [9.17, 15) is 14.0 Å². The molecule has 3 saturated heterocycles. The van der Waals surface area contributed by atoms with E-state index in [-0.39, 0.29) is 36.3 Å². The Morgan fingerprint density at radius 2 is 2.03 bits per heavy atom. The van der Waals surface area contributed by atoms with Gasteiger partial charge in [0.05, 0.1) is 6.54 Å². The normalized spacial score (nSPS) is 28.0. The van der Waals surface area contributed by atoms with Gasteiger partial charge in [-0.1, -0.05) is 24.1 Å². The van der Waals surface area contributed by atoms with Crippen LogP contribution in [0.4, 0.5) is 4.39 Å². The van der Waals surface area contributed by atoms with E-state index in [0.29, 0.717) is 30.6 Å². The fraction of sp³-hybridized carbons (Fsp3) is 0.360. The topological polar surface area (TPSA) is 49.9 Å². The maximum atomic E-state index is 13.7. The second-order valence-electron chi connectivity index (χ2n) is 8.51. The fourth-order valence-corrected chi connectivity index (χ4v) is 5.08. The van der Waals surface area contributed by atoms with E-state index in [4.69, 9.17) is 11.2 Å². The third-order valence-electron chi connectivity index (χ3n) is 6.68. The van der Waals surface area contributed by atoms with Crippen molar-refractivity contribution >= 4 is 11.7 Å². The molecular weight excluding hydrogens is 395 g/mol. The van der Waals surface area contributed by atoms with Crippen LogP contribution < -0.4 is 0 Å². The van der Waals surface area contributed by atoms with Crippen LogP contribution in [0.2, 0.25) is 0 Å². The van der Waals surface area contributed by atoms with Gasteiger partial charge < -0.3 is 9.64 Å². The Bertz CT molecular complexity index is 1090. The van der Waals surface area contributed by atoms with Gasteiger partial charge >= 0.3 is 0 Å². The molecule has 6 heteroatoms. The van der Waals surface area contributed by atoms with Crippen LogP contribution in [0.15, 0.2) is 48.5 Å². The molecule has 1 unspecified atom stereocenters. The van der Waals surface area contributed by atoms with Gasteiger partial charge in [0.1, 0.15) is 17.6 Å². The first-order chi connectivity index (χ1) is 15.0. The van der Waals surface area contributed by atoms with Gasteiger partial charge in [-0.2, -0.15) is 0 Å². The number of benzene rings is 2. The first kappa shape index (κ1) is 19.9. The van der Waals surface area contributed by atoms with Crippen LogP contribution in [0.5, 0.6) is 0 Å². The highest BCUT2D eigenvalue weighted by Gasteiger charge is 2.56. The van der Waals surface area contributed by atoms with E-state index >= 15 is 0 Å². The summed E-state index contributed by atoms with van der Waals surface area (Å²) in [6, 6.07) is 13.6. The van der Waals surface area contributed by atoms with Crippen molar-refractivity contribution in [3.05, 3.63) is 71.0 Å². The third-order valence-corrected chi connectivity index (χ3v) is 6.68. The molecule has 0 aliphatic carbocycles. The summed E-state index contributed by atoms with van der Waals surface area (Å²) in [5.74, 6) is 2.00. The molecule has 0 aromatic heterocycles. The average Bonchev–Trinajstić information content (AvgIpc) is 3.33. The Hall–Kier alpha value is -3.01. The number of ketones is 1. The van der Waals surface area contributed by atoms with Crippen molar-refractivity contribution in [2.24, 2.45) is 0 Å². The molecule has 3 aliphatic heterocycles. The molecule has 2 aromatic carbocycles. The van der Waals surface area contributed by atoms with Gasteiger partial charge in [-0.3, -0.25) is 14.5 Å². The molecule has 0 N–H and O–H groups in total. The number of carbonyl (C=O) groups excluding carboxylic acids is 2. The number of rotatable bonds is 2. The number of hydrogen-bond acceptors (Lipinski definition) is 4. The Kier molecular flexibility index (Phi) is 4.88. The van der Waals surface area contributed by atoms with Crippen LogP contribution in [-0.4, -0.2) is 53.0 Å². The fourth-order valence-electron chi connectivity index (χ4n) is 5.08. The Balaban J connectivity index is 1.30. The smallest absolute Gasteiger partial charge is 0.254 e. The first-order valence-electron chi connectivity index (χ1n) is 10.6. The minimum Gasteiger partial charge on any atom is -0.347 e. The molecule has 158 valence electrons. The molecule has 3 fully saturated rings. The van der Waals surface area contributed by atoms with Crippen molar-refractivity contribution in [3.63, 3.8) is 0 Å². The number of likely N-dealkylation sites (tertiary alicyclic amines) is 1. The Morgan fingerprint density at radius 1 is 1.19 bits per heavy atom. The number of nitrogens with zero attached hydrogens (tertiary/aromatic N) is 2. The van der Waals surface area contributed by atoms with Crippen LogP contribution in [-0.2, 0) is 9.53 Å². The standard InChI is InChI=1S/C25H23FN2O3/c1-2-17-5-3-7-19(13-17)24(30)27-12-11-25(22(29)15-27)16-28-21(9-10-23(28)31-25)18-6-4-8-20(26)14-18/h1,3-8,13-14,21,23H,9-12,15-16H2/t21-,23+,25?/m0/s1. The van der Waals surface area contributed by atoms with E-state index < -0.39 is 5.60 Å². The van der Waals surface area contributed by atoms with E-state index in [1.54, 1.807) is 41.3 Å². The number of carbonyl (C=O) groups is 2. The summed E-state index contributed by atoms with van der Waals surface area (Å²) in [5.41, 5.74) is 1.14. The summed E-state index contributed by atoms with van der Waals surface area (Å²) in [7, 11) is 0. The van der Waals surface area contributed by atoms with Crippen molar-refractivity contribution in [1.29, 1.82) is 0 Å². The average molecular weight is 418 g/mol. The number of fused-ring (bicyclic) bond motifs is 1. The van der Waals surface area contributed by atoms with Crippen molar-refractivity contribution in [2.45, 2.75) is 37.1 Å². The second-order valence-corrected chi connectivity index (χ2v) is 8.51. The predicted molar refractivity (Wildman–Crippen MR) is 113 cm³/mol. The van der Waals surface area contributed by atoms with Crippen LogP contribution in [0.1, 0.15) is 46.8 Å². The van der Waals surface area contributed by atoms with Gasteiger partial charge in [0, 0.05) is 36.7 Å². The number of piperidine rings is 1. The van der Waals surface area contributed by atoms with Gasteiger partial charge in [-0.05, 0) is 48.7 Å². The minimum atomic E-state index is -0.895. The van der Waals surface area contributed by atoms with Crippen LogP contribution in [0.25, 0.3) is 0 Å². The summed E-state index contributed by atoms with van der Waals surface area (Å²) in [4.78, 5) is 29.8. The number of ether oxygens (including phenoxy) is 1. The summed E-state index contributed by atoms with van der Waals surface area (Å²) in [6.07, 6.45) is 7.41. The molecular formula is C25H23FN2O3. The zero-order valence-corrected chi connectivity index (χ0v) is 17.1. The molecule has 2 aromatic rings. The van der Waals surface area contributed by atoms with Gasteiger partial charge in [0.2, 0.25) is 0 Å². The maximum Gasteiger partial charge on any atom is 0.254 e.